The van der Waals surface area contributed by atoms with Crippen LogP contribution >= 0.6 is 0 Å². The van der Waals surface area contributed by atoms with Crippen LogP contribution in [0.15, 0.2) is 36.5 Å². The zero-order valence-electron chi connectivity index (χ0n) is 7.15. The van der Waals surface area contributed by atoms with Crippen LogP contribution in [0, 0.1) is 5.92 Å². The van der Waals surface area contributed by atoms with Gasteiger partial charge in [-0.1, -0.05) is 52.2 Å². The predicted molar refractivity (Wildman–Crippen MR) is 54.7 cm³/mol. The average Bonchev–Trinajstić information content (AvgIpc) is 1.81. The van der Waals surface area contributed by atoms with Gasteiger partial charge in [-0.2, -0.15) is 0 Å². The molecule has 0 heterocycles. The SMILES string of the molecule is C.C=C/C(=C\C(=C)C)C(C)C. The Bertz CT molecular complexity index is 159. The molecule has 64 valence electrons. The summed E-state index contributed by atoms with van der Waals surface area (Å²) in [5.41, 5.74) is 2.34. The molecule has 0 spiro atoms. The minimum absolute atomic E-state index is 0. The minimum atomic E-state index is 0. The lowest BCUT2D eigenvalue weighted by Crippen LogP contribution is -1.89. The maximum absolute atomic E-state index is 3.80. The van der Waals surface area contributed by atoms with Crippen LogP contribution in [0.5, 0.6) is 0 Å². The van der Waals surface area contributed by atoms with Gasteiger partial charge in [-0.25, -0.2) is 0 Å². The molecule has 0 heteroatoms. The van der Waals surface area contributed by atoms with Crippen molar-refractivity contribution in [2.24, 2.45) is 5.92 Å². The first-order valence-electron chi connectivity index (χ1n) is 3.57. The van der Waals surface area contributed by atoms with Gasteiger partial charge in [-0.15, -0.1) is 0 Å². The molecule has 0 aliphatic carbocycles. The number of hydrogen-bond donors (Lipinski definition) is 0. The molecule has 0 nitrogen and oxygen atoms in total. The van der Waals surface area contributed by atoms with E-state index in [0.717, 1.165) is 5.57 Å². The van der Waals surface area contributed by atoms with Gasteiger partial charge in [0.25, 0.3) is 0 Å². The molecule has 0 fully saturated rings. The molecule has 0 atom stereocenters. The van der Waals surface area contributed by atoms with Gasteiger partial charge < -0.3 is 0 Å². The van der Waals surface area contributed by atoms with Crippen LogP contribution in [0.3, 0.4) is 0 Å². The second kappa shape index (κ2) is 5.96. The molecule has 0 aliphatic heterocycles. The van der Waals surface area contributed by atoms with E-state index in [2.05, 4.69) is 33.1 Å². The third-order valence-corrected chi connectivity index (χ3v) is 1.32. The largest absolute Gasteiger partial charge is 0.0988 e. The summed E-state index contributed by atoms with van der Waals surface area (Å²) < 4.78 is 0. The van der Waals surface area contributed by atoms with E-state index in [4.69, 9.17) is 0 Å². The Morgan fingerprint density at radius 3 is 1.91 bits per heavy atom. The van der Waals surface area contributed by atoms with E-state index in [-0.39, 0.29) is 7.43 Å². The Kier molecular flexibility index (Phi) is 6.97. The minimum Gasteiger partial charge on any atom is -0.0988 e. The van der Waals surface area contributed by atoms with Crippen molar-refractivity contribution in [3.05, 3.63) is 36.5 Å². The molecule has 0 aromatic rings. The molecule has 0 bridgehead atoms. The van der Waals surface area contributed by atoms with Gasteiger partial charge in [0.15, 0.2) is 0 Å². The van der Waals surface area contributed by atoms with Crippen LogP contribution in [-0.4, -0.2) is 0 Å². The Morgan fingerprint density at radius 1 is 1.36 bits per heavy atom. The molecule has 0 radical (unpaired) electrons. The van der Waals surface area contributed by atoms with E-state index in [0.29, 0.717) is 5.92 Å². The first-order valence-corrected chi connectivity index (χ1v) is 3.57. The molecular weight excluding hydrogens is 132 g/mol. The van der Waals surface area contributed by atoms with Crippen LogP contribution in [0.1, 0.15) is 28.2 Å². The fourth-order valence-corrected chi connectivity index (χ4v) is 0.746. The lowest BCUT2D eigenvalue weighted by Gasteiger charge is -2.04. The van der Waals surface area contributed by atoms with Gasteiger partial charge in [0.2, 0.25) is 0 Å². The van der Waals surface area contributed by atoms with Gasteiger partial charge in [-0.05, 0) is 18.4 Å². The van der Waals surface area contributed by atoms with E-state index in [1.807, 2.05) is 13.0 Å². The molecule has 0 saturated carbocycles. The van der Waals surface area contributed by atoms with Crippen molar-refractivity contribution in [1.29, 1.82) is 0 Å². The molecule has 0 saturated heterocycles. The number of rotatable bonds is 3. The fourth-order valence-electron chi connectivity index (χ4n) is 0.746. The average molecular weight is 152 g/mol. The highest BCUT2D eigenvalue weighted by Gasteiger charge is 1.96. The monoisotopic (exact) mass is 152 g/mol. The molecule has 0 N–H and O–H groups in total. The fraction of sp³-hybridized carbons (Fsp3) is 0.455. The highest BCUT2D eigenvalue weighted by atomic mass is 14.0. The summed E-state index contributed by atoms with van der Waals surface area (Å²) in [6.45, 7) is 13.8. The summed E-state index contributed by atoms with van der Waals surface area (Å²) in [7, 11) is 0. The first-order chi connectivity index (χ1) is 4.57. The van der Waals surface area contributed by atoms with Crippen molar-refractivity contribution in [1.82, 2.24) is 0 Å². The first kappa shape index (κ1) is 12.9. The molecule has 0 amide bonds. The van der Waals surface area contributed by atoms with Gasteiger partial charge in [-0.3, -0.25) is 0 Å². The molecule has 0 unspecified atom stereocenters. The molecule has 0 aromatic heterocycles. The van der Waals surface area contributed by atoms with Crippen LogP contribution < -0.4 is 0 Å². The van der Waals surface area contributed by atoms with E-state index >= 15 is 0 Å². The summed E-state index contributed by atoms with van der Waals surface area (Å²) in [6.07, 6.45) is 3.96. The highest BCUT2D eigenvalue weighted by Crippen LogP contribution is 2.11. The number of hydrogen-bond acceptors (Lipinski definition) is 0. The quantitative estimate of drug-likeness (QED) is 0.537. The topological polar surface area (TPSA) is 0 Å². The van der Waals surface area contributed by atoms with Gasteiger partial charge in [0, 0.05) is 0 Å². The van der Waals surface area contributed by atoms with Crippen LogP contribution in [0.2, 0.25) is 0 Å². The maximum atomic E-state index is 3.80. The molecule has 0 aliphatic rings. The predicted octanol–water partition coefficient (Wildman–Crippen LogP) is 3.97. The van der Waals surface area contributed by atoms with Gasteiger partial charge in [0.05, 0.1) is 0 Å². The third kappa shape index (κ3) is 5.65. The molecule has 0 rings (SSSR count). The van der Waals surface area contributed by atoms with Crippen molar-refractivity contribution in [3.8, 4) is 0 Å². The van der Waals surface area contributed by atoms with Crippen molar-refractivity contribution >= 4 is 0 Å². The van der Waals surface area contributed by atoms with Crippen LogP contribution in [-0.2, 0) is 0 Å². The van der Waals surface area contributed by atoms with E-state index < -0.39 is 0 Å². The summed E-state index contributed by atoms with van der Waals surface area (Å²) in [4.78, 5) is 0. The molecular formula is C11H20. The van der Waals surface area contributed by atoms with Crippen molar-refractivity contribution < 1.29 is 0 Å². The summed E-state index contributed by atoms with van der Waals surface area (Å²) >= 11 is 0. The Labute approximate surface area is 71.3 Å². The second-order valence-electron chi connectivity index (χ2n) is 2.85. The molecule has 0 aromatic carbocycles. The zero-order valence-corrected chi connectivity index (χ0v) is 7.15. The van der Waals surface area contributed by atoms with Gasteiger partial charge >= 0.3 is 0 Å². The lowest BCUT2D eigenvalue weighted by atomic mass is 10.0. The second-order valence-corrected chi connectivity index (χ2v) is 2.85. The van der Waals surface area contributed by atoms with Crippen molar-refractivity contribution in [2.45, 2.75) is 28.2 Å². The lowest BCUT2D eigenvalue weighted by molar-refractivity contribution is 0.791. The Hall–Kier alpha value is -0.780. The van der Waals surface area contributed by atoms with E-state index in [1.54, 1.807) is 0 Å². The standard InChI is InChI=1S/C10H16.CH4/c1-6-10(9(4)5)7-8(2)3;/h6-7,9H,1-2H2,3-5H3;1H4/b10-7+;. The normalized spacial score (nSPS) is 10.7. The van der Waals surface area contributed by atoms with Crippen molar-refractivity contribution in [2.75, 3.05) is 0 Å². The highest BCUT2D eigenvalue weighted by molar-refractivity contribution is 5.27. The van der Waals surface area contributed by atoms with Gasteiger partial charge in [0.1, 0.15) is 0 Å². The van der Waals surface area contributed by atoms with E-state index in [9.17, 15) is 0 Å². The number of allylic oxidation sites excluding steroid dienone is 4. The Balaban J connectivity index is 0. The smallest absolute Gasteiger partial charge is 0.0219 e. The summed E-state index contributed by atoms with van der Waals surface area (Å²) in [6, 6.07) is 0. The zero-order chi connectivity index (χ0) is 8.15. The van der Waals surface area contributed by atoms with Crippen LogP contribution in [0.25, 0.3) is 0 Å². The van der Waals surface area contributed by atoms with Crippen molar-refractivity contribution in [3.63, 3.8) is 0 Å². The Morgan fingerprint density at radius 2 is 1.82 bits per heavy atom. The molecule has 11 heavy (non-hydrogen) atoms. The summed E-state index contributed by atoms with van der Waals surface area (Å²) in [5, 5.41) is 0. The summed E-state index contributed by atoms with van der Waals surface area (Å²) in [5.74, 6) is 0.550. The van der Waals surface area contributed by atoms with Crippen LogP contribution in [0.4, 0.5) is 0 Å². The maximum Gasteiger partial charge on any atom is -0.0219 e. The third-order valence-electron chi connectivity index (χ3n) is 1.32. The van der Waals surface area contributed by atoms with E-state index in [1.165, 1.54) is 5.57 Å².